The van der Waals surface area contributed by atoms with Crippen molar-refractivity contribution in [3.63, 3.8) is 0 Å². The van der Waals surface area contributed by atoms with E-state index in [1.54, 1.807) is 0 Å². The van der Waals surface area contributed by atoms with E-state index >= 15 is 0 Å². The van der Waals surface area contributed by atoms with Crippen molar-refractivity contribution in [2.45, 2.75) is 22.6 Å². The second-order valence-corrected chi connectivity index (χ2v) is 10.8. The summed E-state index contributed by atoms with van der Waals surface area (Å²) >= 11 is 1.86. The molecular formula is C26H26N2OPS2+. The first-order valence-corrected chi connectivity index (χ1v) is 13.4. The number of thioether (sulfide) groups is 1. The SMILES string of the molecule is O=S(CCCCSc1cccc(-c2ccncc2)c1)c1cccc(-c2cc[n+](P)cc2)c1. The Morgan fingerprint density at radius 2 is 1.50 bits per heavy atom. The van der Waals surface area contributed by atoms with Crippen LogP contribution in [0.25, 0.3) is 22.3 Å². The topological polar surface area (TPSA) is 33.8 Å². The summed E-state index contributed by atoms with van der Waals surface area (Å²) < 4.78 is 14.7. The van der Waals surface area contributed by atoms with Crippen LogP contribution >= 0.6 is 21.2 Å². The van der Waals surface area contributed by atoms with Crippen molar-refractivity contribution in [3.8, 4) is 22.3 Å². The minimum Gasteiger partial charge on any atom is -0.265 e. The minimum absolute atomic E-state index is 0.696. The van der Waals surface area contributed by atoms with E-state index in [4.69, 9.17) is 0 Å². The van der Waals surface area contributed by atoms with Crippen molar-refractivity contribution in [1.82, 2.24) is 4.98 Å². The number of hydrogen-bond donors (Lipinski definition) is 0. The second-order valence-electron chi connectivity index (χ2n) is 7.43. The molecule has 0 saturated carbocycles. The lowest BCUT2D eigenvalue weighted by molar-refractivity contribution is -0.499. The van der Waals surface area contributed by atoms with Gasteiger partial charge >= 0.3 is 0 Å². The second kappa shape index (κ2) is 11.5. The van der Waals surface area contributed by atoms with E-state index in [2.05, 4.69) is 62.9 Å². The lowest BCUT2D eigenvalue weighted by Crippen LogP contribution is -2.15. The molecule has 162 valence electrons. The quantitative estimate of drug-likeness (QED) is 0.168. The van der Waals surface area contributed by atoms with E-state index in [1.165, 1.54) is 16.0 Å². The highest BCUT2D eigenvalue weighted by molar-refractivity contribution is 7.99. The highest BCUT2D eigenvalue weighted by atomic mass is 32.2. The van der Waals surface area contributed by atoms with Gasteiger partial charge in [0.25, 0.3) is 0 Å². The molecule has 0 saturated heterocycles. The van der Waals surface area contributed by atoms with Crippen molar-refractivity contribution in [2.75, 3.05) is 11.5 Å². The molecule has 4 aromatic rings. The van der Waals surface area contributed by atoms with Gasteiger partial charge in [0, 0.05) is 40.1 Å². The Labute approximate surface area is 199 Å². The molecule has 0 spiro atoms. The molecule has 2 aromatic carbocycles. The summed E-state index contributed by atoms with van der Waals surface area (Å²) in [4.78, 5) is 6.26. The molecule has 2 unspecified atom stereocenters. The van der Waals surface area contributed by atoms with Gasteiger partial charge in [-0.1, -0.05) is 24.3 Å². The average Bonchev–Trinajstić information content (AvgIpc) is 2.85. The molecule has 32 heavy (non-hydrogen) atoms. The van der Waals surface area contributed by atoms with E-state index in [0.717, 1.165) is 34.6 Å². The van der Waals surface area contributed by atoms with Crippen molar-refractivity contribution >= 4 is 32.0 Å². The fraction of sp³-hybridized carbons (Fsp3) is 0.154. The van der Waals surface area contributed by atoms with Gasteiger partial charge in [-0.15, -0.1) is 11.8 Å². The number of unbranched alkanes of at least 4 members (excludes halogenated alkanes) is 1. The molecule has 0 aliphatic heterocycles. The summed E-state index contributed by atoms with van der Waals surface area (Å²) in [5.74, 6) is 1.72. The Bertz CT molecular complexity index is 1180. The highest BCUT2D eigenvalue weighted by Gasteiger charge is 2.07. The van der Waals surface area contributed by atoms with E-state index in [0.29, 0.717) is 5.75 Å². The van der Waals surface area contributed by atoms with Crippen LogP contribution in [-0.2, 0) is 10.8 Å². The monoisotopic (exact) mass is 477 g/mol. The Hall–Kier alpha value is -2.33. The molecule has 2 heterocycles. The summed E-state index contributed by atoms with van der Waals surface area (Å²) in [5, 5.41) is 0. The van der Waals surface area contributed by atoms with Gasteiger partial charge in [0.1, 0.15) is 0 Å². The Balaban J connectivity index is 1.26. The molecule has 4 rings (SSSR count). The van der Waals surface area contributed by atoms with Crippen molar-refractivity contribution in [2.24, 2.45) is 0 Å². The van der Waals surface area contributed by atoms with Gasteiger partial charge in [0.05, 0.1) is 10.8 Å². The first-order chi connectivity index (χ1) is 15.7. The van der Waals surface area contributed by atoms with Gasteiger partial charge in [0.2, 0.25) is 0 Å². The molecule has 0 aliphatic rings. The zero-order valence-corrected chi connectivity index (χ0v) is 20.6. The Kier molecular flexibility index (Phi) is 8.22. The number of aromatic nitrogens is 2. The van der Waals surface area contributed by atoms with Gasteiger partial charge in [0.15, 0.2) is 21.8 Å². The van der Waals surface area contributed by atoms with Crippen LogP contribution in [0.1, 0.15) is 12.8 Å². The molecule has 0 fully saturated rings. The molecule has 0 N–H and O–H groups in total. The maximum Gasteiger partial charge on any atom is 0.170 e. The standard InChI is InChI=1S/C26H26N2OPS2/c29-32(26-8-4-6-24(20-26)22-11-15-28(30)16-12-22)18-2-1-17-31-25-7-3-5-23(19-25)21-9-13-27-14-10-21/h3-16,19-20H,1-2,17-18,30H2/q+1. The fourth-order valence-corrected chi connectivity index (χ4v) is 5.73. The number of rotatable bonds is 9. The van der Waals surface area contributed by atoms with Gasteiger partial charge < -0.3 is 0 Å². The Morgan fingerprint density at radius 1 is 0.812 bits per heavy atom. The van der Waals surface area contributed by atoms with Crippen LogP contribution in [0, 0.1) is 0 Å². The Morgan fingerprint density at radius 3 is 2.28 bits per heavy atom. The fourth-order valence-electron chi connectivity index (χ4n) is 3.40. The highest BCUT2D eigenvalue weighted by Crippen LogP contribution is 2.26. The lowest BCUT2D eigenvalue weighted by atomic mass is 10.1. The molecular weight excluding hydrogens is 451 g/mol. The van der Waals surface area contributed by atoms with Crippen LogP contribution in [-0.4, -0.2) is 20.7 Å². The minimum atomic E-state index is -0.973. The molecule has 6 heteroatoms. The average molecular weight is 478 g/mol. The first kappa shape index (κ1) is 22.8. The third-order valence-electron chi connectivity index (χ3n) is 5.12. The number of benzene rings is 2. The number of hydrogen-bond acceptors (Lipinski definition) is 3. The van der Waals surface area contributed by atoms with Crippen molar-refractivity contribution < 1.29 is 8.55 Å². The summed E-state index contributed by atoms with van der Waals surface area (Å²) in [6, 6.07) is 24.9. The third kappa shape index (κ3) is 6.35. The van der Waals surface area contributed by atoms with E-state index in [1.807, 2.05) is 65.2 Å². The summed E-state index contributed by atoms with van der Waals surface area (Å²) in [7, 11) is 1.65. The summed E-state index contributed by atoms with van der Waals surface area (Å²) in [5.41, 5.74) is 4.63. The van der Waals surface area contributed by atoms with Crippen molar-refractivity contribution in [3.05, 3.63) is 97.6 Å². The molecule has 0 aliphatic carbocycles. The molecule has 0 radical (unpaired) electrons. The van der Waals surface area contributed by atoms with E-state index in [9.17, 15) is 4.21 Å². The van der Waals surface area contributed by atoms with Crippen molar-refractivity contribution in [1.29, 1.82) is 0 Å². The molecule has 2 aromatic heterocycles. The number of nitrogens with zero attached hydrogens (tertiary/aromatic N) is 2. The number of pyridine rings is 2. The molecule has 0 bridgehead atoms. The normalized spacial score (nSPS) is 11.9. The zero-order valence-electron chi connectivity index (χ0n) is 17.8. The lowest BCUT2D eigenvalue weighted by Gasteiger charge is -2.07. The maximum absolute atomic E-state index is 12.8. The third-order valence-corrected chi connectivity index (χ3v) is 7.99. The first-order valence-electron chi connectivity index (χ1n) is 10.6. The smallest absolute Gasteiger partial charge is 0.170 e. The van der Waals surface area contributed by atoms with Gasteiger partial charge in [-0.25, -0.2) is 0 Å². The van der Waals surface area contributed by atoms with Gasteiger partial charge in [-0.2, -0.15) is 4.34 Å². The van der Waals surface area contributed by atoms with Crippen LogP contribution in [0.4, 0.5) is 0 Å². The maximum atomic E-state index is 12.8. The van der Waals surface area contributed by atoms with Crippen LogP contribution in [0.5, 0.6) is 0 Å². The van der Waals surface area contributed by atoms with Crippen LogP contribution in [0.3, 0.4) is 0 Å². The molecule has 3 nitrogen and oxygen atoms in total. The summed E-state index contributed by atoms with van der Waals surface area (Å²) in [6.45, 7) is 0. The summed E-state index contributed by atoms with van der Waals surface area (Å²) in [6.07, 6.45) is 9.63. The largest absolute Gasteiger partial charge is 0.265 e. The van der Waals surface area contributed by atoms with Crippen LogP contribution in [0.2, 0.25) is 0 Å². The van der Waals surface area contributed by atoms with Crippen LogP contribution < -0.4 is 4.34 Å². The molecule has 2 atom stereocenters. The van der Waals surface area contributed by atoms with Gasteiger partial charge in [-0.05, 0) is 77.2 Å². The predicted molar refractivity (Wildman–Crippen MR) is 138 cm³/mol. The van der Waals surface area contributed by atoms with E-state index < -0.39 is 10.8 Å². The molecule has 0 amide bonds. The van der Waals surface area contributed by atoms with Gasteiger partial charge in [-0.3, -0.25) is 9.19 Å². The predicted octanol–water partition coefficient (Wildman–Crippen LogP) is 6.02. The zero-order chi connectivity index (χ0) is 22.2. The van der Waals surface area contributed by atoms with Crippen LogP contribution in [0.15, 0.2) is 107 Å². The van der Waals surface area contributed by atoms with E-state index in [-0.39, 0.29) is 0 Å².